The molecule has 1 aliphatic carbocycles. The molecule has 3 aromatic rings. The van der Waals surface area contributed by atoms with E-state index in [0.717, 1.165) is 36.5 Å². The number of aromatic nitrogens is 3. The molecular formula is C26H28Cl2F3N5. The van der Waals surface area contributed by atoms with Gasteiger partial charge in [-0.05, 0) is 55.5 Å². The first-order valence-electron chi connectivity index (χ1n) is 11.7. The van der Waals surface area contributed by atoms with Gasteiger partial charge >= 0.3 is 6.18 Å². The van der Waals surface area contributed by atoms with E-state index in [1.165, 1.54) is 12.5 Å². The third kappa shape index (κ3) is 7.14. The smallest absolute Gasteiger partial charge is 0.382 e. The van der Waals surface area contributed by atoms with Crippen LogP contribution in [0.5, 0.6) is 0 Å². The molecule has 0 saturated heterocycles. The Bertz CT molecular complexity index is 1260. The minimum Gasteiger partial charge on any atom is -0.382 e. The third-order valence-corrected chi connectivity index (χ3v) is 6.66. The maximum atomic E-state index is 13.1. The Kier molecular flexibility index (Phi) is 9.26. The summed E-state index contributed by atoms with van der Waals surface area (Å²) in [7, 11) is 0. The van der Waals surface area contributed by atoms with Crippen LogP contribution in [0.4, 0.5) is 18.9 Å². The SMILES string of the molecule is C=C(C)c1cnn(CCC#N)c1Cl.C[C@@H]1CCC[C@H](Nc2cc(C(F)(F)F)nc3ccc(Cl)cc23)C1. The number of hydrogen-bond donors (Lipinski definition) is 1. The van der Waals surface area contributed by atoms with E-state index >= 15 is 0 Å². The van der Waals surface area contributed by atoms with Crippen LogP contribution in [0.25, 0.3) is 16.5 Å². The fraction of sp³-hybridized carbons (Fsp3) is 0.423. The average molecular weight is 538 g/mol. The van der Waals surface area contributed by atoms with Crippen LogP contribution in [0, 0.1) is 17.2 Å². The number of halogens is 5. The quantitative estimate of drug-likeness (QED) is 0.354. The van der Waals surface area contributed by atoms with Crippen LogP contribution >= 0.6 is 23.2 Å². The van der Waals surface area contributed by atoms with E-state index in [2.05, 4.69) is 28.9 Å². The molecule has 192 valence electrons. The minimum atomic E-state index is -4.47. The van der Waals surface area contributed by atoms with Gasteiger partial charge in [0, 0.05) is 27.7 Å². The largest absolute Gasteiger partial charge is 0.433 e. The van der Waals surface area contributed by atoms with Gasteiger partial charge in [0.15, 0.2) is 0 Å². The standard InChI is InChI=1S/C17H18ClF3N2.C9H10ClN3/c1-10-3-2-4-12(7-10)22-15-9-16(17(19,20)21)23-14-6-5-11(18)8-13(14)15;1-7(2)8-6-12-13(9(8)10)5-3-4-11/h5-6,8-10,12H,2-4,7H2,1H3,(H,22,23);6H,1,3,5H2,2H3/t10-,12+;/m1./s1. The zero-order chi connectivity index (χ0) is 26.5. The van der Waals surface area contributed by atoms with E-state index in [9.17, 15) is 13.2 Å². The number of nitriles is 1. The van der Waals surface area contributed by atoms with Crippen molar-refractivity contribution in [2.24, 2.45) is 5.92 Å². The summed E-state index contributed by atoms with van der Waals surface area (Å²) in [6.45, 7) is 8.36. The molecule has 4 rings (SSSR count). The lowest BCUT2D eigenvalue weighted by atomic mass is 9.87. The second kappa shape index (κ2) is 12.0. The normalized spacial score (nSPS) is 17.7. The lowest BCUT2D eigenvalue weighted by molar-refractivity contribution is -0.140. The fourth-order valence-corrected chi connectivity index (χ4v) is 4.73. The molecule has 0 aliphatic heterocycles. The number of alkyl halides is 3. The first kappa shape index (κ1) is 27.8. The number of benzene rings is 1. The van der Waals surface area contributed by atoms with Gasteiger partial charge in [0.25, 0.3) is 0 Å². The van der Waals surface area contributed by atoms with E-state index in [4.69, 9.17) is 28.5 Å². The molecule has 2 atom stereocenters. The zero-order valence-electron chi connectivity index (χ0n) is 20.2. The van der Waals surface area contributed by atoms with Crippen LogP contribution in [0.15, 0.2) is 37.0 Å². The van der Waals surface area contributed by atoms with Gasteiger partial charge in [-0.15, -0.1) is 0 Å². The second-order valence-corrected chi connectivity index (χ2v) is 9.88. The number of anilines is 1. The van der Waals surface area contributed by atoms with Crippen molar-refractivity contribution in [1.82, 2.24) is 14.8 Å². The van der Waals surface area contributed by atoms with Crippen LogP contribution in [0.1, 0.15) is 57.2 Å². The summed E-state index contributed by atoms with van der Waals surface area (Å²) in [5, 5.41) is 17.4. The molecule has 0 amide bonds. The molecule has 1 saturated carbocycles. The van der Waals surface area contributed by atoms with Crippen LogP contribution in [0.3, 0.4) is 0 Å². The van der Waals surface area contributed by atoms with Crippen molar-refractivity contribution in [2.75, 3.05) is 5.32 Å². The number of hydrogen-bond acceptors (Lipinski definition) is 4. The Morgan fingerprint density at radius 2 is 2.03 bits per heavy atom. The Balaban J connectivity index is 0.000000236. The second-order valence-electron chi connectivity index (χ2n) is 9.09. The molecule has 0 spiro atoms. The molecule has 1 aromatic carbocycles. The summed E-state index contributed by atoms with van der Waals surface area (Å²) in [6, 6.07) is 8.07. The number of nitrogens with zero attached hydrogens (tertiary/aromatic N) is 4. The molecule has 2 heterocycles. The van der Waals surface area contributed by atoms with E-state index in [0.29, 0.717) is 45.6 Å². The topological polar surface area (TPSA) is 66.5 Å². The summed E-state index contributed by atoms with van der Waals surface area (Å²) in [5.41, 5.74) is 1.62. The van der Waals surface area contributed by atoms with Gasteiger partial charge in [0.1, 0.15) is 10.8 Å². The van der Waals surface area contributed by atoms with Crippen LogP contribution in [0.2, 0.25) is 10.2 Å². The summed E-state index contributed by atoms with van der Waals surface area (Å²) in [6.07, 6.45) is 1.81. The van der Waals surface area contributed by atoms with E-state index in [-0.39, 0.29) is 6.04 Å². The fourth-order valence-electron chi connectivity index (χ4n) is 4.22. The average Bonchev–Trinajstić information content (AvgIpc) is 3.18. The lowest BCUT2D eigenvalue weighted by Gasteiger charge is -2.29. The molecule has 0 bridgehead atoms. The monoisotopic (exact) mass is 537 g/mol. The molecule has 0 radical (unpaired) electrons. The first-order chi connectivity index (χ1) is 17.0. The van der Waals surface area contributed by atoms with Gasteiger partial charge < -0.3 is 5.32 Å². The van der Waals surface area contributed by atoms with Crippen molar-refractivity contribution in [3.05, 3.63) is 58.5 Å². The number of aryl methyl sites for hydroxylation is 1. The number of fused-ring (bicyclic) bond motifs is 1. The van der Waals surface area contributed by atoms with Gasteiger partial charge in [-0.1, -0.05) is 49.5 Å². The maximum absolute atomic E-state index is 13.1. The molecule has 0 unspecified atom stereocenters. The predicted molar refractivity (Wildman–Crippen MR) is 139 cm³/mol. The highest BCUT2D eigenvalue weighted by atomic mass is 35.5. The van der Waals surface area contributed by atoms with Gasteiger partial charge in [-0.2, -0.15) is 23.5 Å². The molecule has 36 heavy (non-hydrogen) atoms. The van der Waals surface area contributed by atoms with Gasteiger partial charge in [-0.3, -0.25) is 4.68 Å². The Morgan fingerprint density at radius 3 is 2.64 bits per heavy atom. The van der Waals surface area contributed by atoms with Crippen molar-refractivity contribution in [1.29, 1.82) is 5.26 Å². The lowest BCUT2D eigenvalue weighted by Crippen LogP contribution is -2.26. The van der Waals surface area contributed by atoms with E-state index < -0.39 is 11.9 Å². The molecule has 1 aliphatic rings. The minimum absolute atomic E-state index is 0.185. The summed E-state index contributed by atoms with van der Waals surface area (Å²) >= 11 is 12.0. The van der Waals surface area contributed by atoms with Gasteiger partial charge in [-0.25, -0.2) is 4.98 Å². The molecular weight excluding hydrogens is 510 g/mol. The van der Waals surface area contributed by atoms with Crippen molar-refractivity contribution in [2.45, 2.75) is 64.7 Å². The Morgan fingerprint density at radius 1 is 1.28 bits per heavy atom. The van der Waals surface area contributed by atoms with Gasteiger partial charge in [0.05, 0.1) is 30.7 Å². The summed E-state index contributed by atoms with van der Waals surface area (Å²) in [5.74, 6) is 0.583. The van der Waals surface area contributed by atoms with E-state index in [1.807, 2.05) is 13.0 Å². The number of allylic oxidation sites excluding steroid dienone is 1. The molecule has 5 nitrogen and oxygen atoms in total. The number of rotatable bonds is 5. The third-order valence-electron chi connectivity index (χ3n) is 6.03. The molecule has 10 heteroatoms. The Hall–Kier alpha value is -2.76. The molecule has 2 aromatic heterocycles. The van der Waals surface area contributed by atoms with Crippen LogP contribution in [-0.2, 0) is 12.7 Å². The van der Waals surface area contributed by atoms with E-state index in [1.54, 1.807) is 23.0 Å². The van der Waals surface area contributed by atoms with Crippen LogP contribution in [-0.4, -0.2) is 20.8 Å². The van der Waals surface area contributed by atoms with Crippen molar-refractivity contribution in [3.63, 3.8) is 0 Å². The predicted octanol–water partition coefficient (Wildman–Crippen LogP) is 8.38. The van der Waals surface area contributed by atoms with Crippen molar-refractivity contribution < 1.29 is 13.2 Å². The van der Waals surface area contributed by atoms with Gasteiger partial charge in [0.2, 0.25) is 0 Å². The number of pyridine rings is 1. The molecule has 1 N–H and O–H groups in total. The maximum Gasteiger partial charge on any atom is 0.433 e. The summed E-state index contributed by atoms with van der Waals surface area (Å²) in [4.78, 5) is 3.73. The first-order valence-corrected chi connectivity index (χ1v) is 12.4. The molecule has 1 fully saturated rings. The highest BCUT2D eigenvalue weighted by Gasteiger charge is 2.33. The van der Waals surface area contributed by atoms with Crippen LogP contribution < -0.4 is 5.32 Å². The highest BCUT2D eigenvalue weighted by molar-refractivity contribution is 6.31. The summed E-state index contributed by atoms with van der Waals surface area (Å²) < 4.78 is 40.9. The zero-order valence-corrected chi connectivity index (χ0v) is 21.7. The Labute approximate surface area is 218 Å². The van der Waals surface area contributed by atoms with Crippen molar-refractivity contribution in [3.8, 4) is 6.07 Å². The highest BCUT2D eigenvalue weighted by Crippen LogP contribution is 2.35. The number of nitrogens with one attached hydrogen (secondary N) is 1. The van der Waals surface area contributed by atoms with Crippen molar-refractivity contribution >= 4 is 45.4 Å².